The van der Waals surface area contributed by atoms with Gasteiger partial charge in [0.25, 0.3) is 5.91 Å². The molecule has 0 aliphatic carbocycles. The zero-order chi connectivity index (χ0) is 19.9. The van der Waals surface area contributed by atoms with Gasteiger partial charge in [0, 0.05) is 11.8 Å². The van der Waals surface area contributed by atoms with Crippen LogP contribution in [0, 0.1) is 0 Å². The van der Waals surface area contributed by atoms with Gasteiger partial charge in [-0.15, -0.1) is 0 Å². The standard InChI is InChI=1S/C21H23NO6/c1-3-10-25-17-7-4-15(5-8-17)21(24)28-14(2)20(23)22-16-6-9-18-19(13-16)27-12-11-26-18/h4-9,13-14H,3,10-12H2,1-2H3,(H,22,23)/t14-/m0/s1. The number of carbonyl (C=O) groups is 2. The van der Waals surface area contributed by atoms with E-state index in [4.69, 9.17) is 18.9 Å². The SMILES string of the molecule is CCCOc1ccc(C(=O)O[C@@H](C)C(=O)Nc2ccc3c(c2)OCCO3)cc1. The number of esters is 1. The Kier molecular flexibility index (Phi) is 6.37. The van der Waals surface area contributed by atoms with Crippen molar-refractivity contribution in [3.05, 3.63) is 48.0 Å². The molecular weight excluding hydrogens is 362 g/mol. The first kappa shape index (κ1) is 19.5. The van der Waals surface area contributed by atoms with Crippen molar-refractivity contribution in [1.82, 2.24) is 0 Å². The van der Waals surface area contributed by atoms with Gasteiger partial charge >= 0.3 is 5.97 Å². The number of hydrogen-bond acceptors (Lipinski definition) is 6. The molecule has 0 fully saturated rings. The summed E-state index contributed by atoms with van der Waals surface area (Å²) in [4.78, 5) is 24.6. The average Bonchev–Trinajstić information content (AvgIpc) is 2.72. The lowest BCUT2D eigenvalue weighted by molar-refractivity contribution is -0.123. The molecule has 0 spiro atoms. The van der Waals surface area contributed by atoms with E-state index in [1.165, 1.54) is 6.92 Å². The Morgan fingerprint density at radius 2 is 1.79 bits per heavy atom. The highest BCUT2D eigenvalue weighted by Gasteiger charge is 2.20. The van der Waals surface area contributed by atoms with Crippen molar-refractivity contribution in [1.29, 1.82) is 0 Å². The zero-order valence-electron chi connectivity index (χ0n) is 15.9. The smallest absolute Gasteiger partial charge is 0.338 e. The van der Waals surface area contributed by atoms with Crippen molar-refractivity contribution in [2.75, 3.05) is 25.1 Å². The van der Waals surface area contributed by atoms with E-state index in [1.54, 1.807) is 42.5 Å². The van der Waals surface area contributed by atoms with Crippen LogP contribution in [0.3, 0.4) is 0 Å². The van der Waals surface area contributed by atoms with E-state index in [2.05, 4.69) is 5.32 Å². The summed E-state index contributed by atoms with van der Waals surface area (Å²) < 4.78 is 21.7. The van der Waals surface area contributed by atoms with Crippen LogP contribution in [-0.4, -0.2) is 37.8 Å². The first-order chi connectivity index (χ1) is 13.6. The summed E-state index contributed by atoms with van der Waals surface area (Å²) in [5.41, 5.74) is 0.886. The molecule has 0 radical (unpaired) electrons. The van der Waals surface area contributed by atoms with Gasteiger partial charge in [0.05, 0.1) is 12.2 Å². The number of hydrogen-bond donors (Lipinski definition) is 1. The molecule has 0 saturated carbocycles. The molecule has 2 aromatic carbocycles. The summed E-state index contributed by atoms with van der Waals surface area (Å²) in [5.74, 6) is 0.872. The highest BCUT2D eigenvalue weighted by atomic mass is 16.6. The van der Waals surface area contributed by atoms with Crippen LogP contribution in [0.1, 0.15) is 30.6 Å². The molecule has 1 aliphatic rings. The topological polar surface area (TPSA) is 83.1 Å². The van der Waals surface area contributed by atoms with Crippen LogP contribution < -0.4 is 19.5 Å². The number of benzene rings is 2. The summed E-state index contributed by atoms with van der Waals surface area (Å²) in [6, 6.07) is 11.7. The van der Waals surface area contributed by atoms with E-state index < -0.39 is 18.0 Å². The van der Waals surface area contributed by atoms with Crippen molar-refractivity contribution in [2.24, 2.45) is 0 Å². The third-order valence-electron chi connectivity index (χ3n) is 4.03. The zero-order valence-corrected chi connectivity index (χ0v) is 15.9. The summed E-state index contributed by atoms with van der Waals surface area (Å²) in [5, 5.41) is 2.71. The highest BCUT2D eigenvalue weighted by Crippen LogP contribution is 2.32. The van der Waals surface area contributed by atoms with Gasteiger partial charge in [-0.2, -0.15) is 0 Å². The highest BCUT2D eigenvalue weighted by molar-refractivity contribution is 5.97. The minimum absolute atomic E-state index is 0.350. The van der Waals surface area contributed by atoms with Crippen LogP contribution in [0.15, 0.2) is 42.5 Å². The molecule has 2 aromatic rings. The van der Waals surface area contributed by atoms with Crippen LogP contribution in [0.25, 0.3) is 0 Å². The predicted molar refractivity (Wildman–Crippen MR) is 103 cm³/mol. The van der Waals surface area contributed by atoms with Crippen molar-refractivity contribution in [3.63, 3.8) is 0 Å². The summed E-state index contributed by atoms with van der Waals surface area (Å²) >= 11 is 0. The summed E-state index contributed by atoms with van der Waals surface area (Å²) in [7, 11) is 0. The number of ether oxygens (including phenoxy) is 4. The van der Waals surface area contributed by atoms with E-state index in [0.717, 1.165) is 6.42 Å². The quantitative estimate of drug-likeness (QED) is 0.735. The van der Waals surface area contributed by atoms with Gasteiger partial charge in [0.15, 0.2) is 17.6 Å². The van der Waals surface area contributed by atoms with Gasteiger partial charge in [-0.25, -0.2) is 4.79 Å². The molecule has 0 unspecified atom stereocenters. The average molecular weight is 385 g/mol. The molecule has 1 aliphatic heterocycles. The lowest BCUT2D eigenvalue weighted by Gasteiger charge is -2.19. The first-order valence-corrected chi connectivity index (χ1v) is 9.21. The Balaban J connectivity index is 1.55. The van der Waals surface area contributed by atoms with Crippen molar-refractivity contribution >= 4 is 17.6 Å². The van der Waals surface area contributed by atoms with Crippen molar-refractivity contribution < 1.29 is 28.5 Å². The van der Waals surface area contributed by atoms with E-state index in [1.807, 2.05) is 6.92 Å². The first-order valence-electron chi connectivity index (χ1n) is 9.21. The molecule has 3 rings (SSSR count). The van der Waals surface area contributed by atoms with E-state index in [0.29, 0.717) is 48.3 Å². The lowest BCUT2D eigenvalue weighted by Crippen LogP contribution is -2.30. The van der Waals surface area contributed by atoms with Gasteiger partial charge in [-0.05, 0) is 49.7 Å². The fourth-order valence-electron chi connectivity index (χ4n) is 2.55. The number of carbonyl (C=O) groups excluding carboxylic acids is 2. The second-order valence-corrected chi connectivity index (χ2v) is 6.27. The minimum atomic E-state index is -0.961. The van der Waals surface area contributed by atoms with Gasteiger partial charge < -0.3 is 24.3 Å². The fourth-order valence-corrected chi connectivity index (χ4v) is 2.55. The Hall–Kier alpha value is -3.22. The predicted octanol–water partition coefficient (Wildman–Crippen LogP) is 3.43. The molecule has 148 valence electrons. The Morgan fingerprint density at radius 1 is 1.07 bits per heavy atom. The monoisotopic (exact) mass is 385 g/mol. The third-order valence-corrected chi connectivity index (χ3v) is 4.03. The molecule has 28 heavy (non-hydrogen) atoms. The molecular formula is C21H23NO6. The maximum Gasteiger partial charge on any atom is 0.338 e. The Morgan fingerprint density at radius 3 is 2.50 bits per heavy atom. The molecule has 0 bridgehead atoms. The number of amides is 1. The molecule has 0 aromatic heterocycles. The van der Waals surface area contributed by atoms with Crippen LogP contribution in [0.5, 0.6) is 17.2 Å². The molecule has 1 amide bonds. The number of fused-ring (bicyclic) bond motifs is 1. The largest absolute Gasteiger partial charge is 0.494 e. The Bertz CT molecular complexity index is 833. The summed E-state index contributed by atoms with van der Waals surface area (Å²) in [6.07, 6.45) is -0.0588. The molecule has 1 N–H and O–H groups in total. The number of rotatable bonds is 7. The van der Waals surface area contributed by atoms with Crippen molar-refractivity contribution in [3.8, 4) is 17.2 Å². The van der Waals surface area contributed by atoms with Crippen LogP contribution >= 0.6 is 0 Å². The second-order valence-electron chi connectivity index (χ2n) is 6.27. The Labute approximate surface area is 163 Å². The molecule has 0 saturated heterocycles. The van der Waals surface area contributed by atoms with Crippen LogP contribution in [0.4, 0.5) is 5.69 Å². The van der Waals surface area contributed by atoms with Gasteiger partial charge in [0.2, 0.25) is 0 Å². The van der Waals surface area contributed by atoms with Crippen LogP contribution in [0.2, 0.25) is 0 Å². The number of nitrogens with one attached hydrogen (secondary N) is 1. The number of anilines is 1. The normalized spacial score (nSPS) is 13.4. The third kappa shape index (κ3) is 4.94. The van der Waals surface area contributed by atoms with Crippen molar-refractivity contribution in [2.45, 2.75) is 26.4 Å². The van der Waals surface area contributed by atoms with E-state index >= 15 is 0 Å². The van der Waals surface area contributed by atoms with E-state index in [-0.39, 0.29) is 0 Å². The summed E-state index contributed by atoms with van der Waals surface area (Å²) in [6.45, 7) is 5.10. The lowest BCUT2D eigenvalue weighted by atomic mass is 10.2. The van der Waals surface area contributed by atoms with Gasteiger partial charge in [-0.3, -0.25) is 4.79 Å². The molecule has 1 heterocycles. The molecule has 1 atom stereocenters. The molecule has 7 nitrogen and oxygen atoms in total. The maximum atomic E-state index is 12.3. The minimum Gasteiger partial charge on any atom is -0.494 e. The maximum absolute atomic E-state index is 12.3. The second kappa shape index (κ2) is 9.12. The van der Waals surface area contributed by atoms with Gasteiger partial charge in [-0.1, -0.05) is 6.92 Å². The van der Waals surface area contributed by atoms with Gasteiger partial charge in [0.1, 0.15) is 19.0 Å². The fraction of sp³-hybridized carbons (Fsp3) is 0.333. The van der Waals surface area contributed by atoms with Crippen LogP contribution in [-0.2, 0) is 9.53 Å². The molecule has 7 heteroatoms. The van der Waals surface area contributed by atoms with E-state index in [9.17, 15) is 9.59 Å².